The molecule has 1 aliphatic heterocycles. The molecule has 4 rings (SSSR count). The van der Waals surface area contributed by atoms with Crippen LogP contribution in [0.1, 0.15) is 33.0 Å². The Bertz CT molecular complexity index is 1190. The third-order valence-electron chi connectivity index (χ3n) is 4.89. The summed E-state index contributed by atoms with van der Waals surface area (Å²) >= 11 is 0. The van der Waals surface area contributed by atoms with Gasteiger partial charge < -0.3 is 15.2 Å². The Balaban J connectivity index is 1.68. The third kappa shape index (κ3) is 3.61. The largest absolute Gasteiger partial charge is 0.440 e. The van der Waals surface area contributed by atoms with E-state index in [1.165, 1.54) is 24.3 Å². The van der Waals surface area contributed by atoms with Crippen molar-refractivity contribution in [3.63, 3.8) is 0 Å². The number of esters is 1. The van der Waals surface area contributed by atoms with E-state index in [-0.39, 0.29) is 23.1 Å². The van der Waals surface area contributed by atoms with Crippen molar-refractivity contribution in [1.82, 2.24) is 0 Å². The van der Waals surface area contributed by atoms with E-state index in [1.54, 1.807) is 18.2 Å². The molecule has 1 aliphatic rings. The Labute approximate surface area is 172 Å². The number of nitrogens with zero attached hydrogens (tertiary/aromatic N) is 1. The Hall–Kier alpha value is -4.11. The monoisotopic (exact) mass is 400 g/mol. The van der Waals surface area contributed by atoms with Crippen LogP contribution in [0, 0.1) is 24.1 Å². The van der Waals surface area contributed by atoms with Gasteiger partial charge in [0.15, 0.2) is 0 Å². The summed E-state index contributed by atoms with van der Waals surface area (Å²) in [6.07, 6.45) is 0. The van der Waals surface area contributed by atoms with Crippen molar-refractivity contribution in [3.8, 4) is 17.6 Å². The fraction of sp³-hybridized carbons (Fsp3) is 0.0833. The number of fused-ring (bicyclic) bond motifs is 1. The highest BCUT2D eigenvalue weighted by Gasteiger charge is 2.31. The van der Waals surface area contributed by atoms with Crippen LogP contribution in [-0.2, 0) is 0 Å². The number of hydrogen-bond acceptors (Lipinski definition) is 5. The van der Waals surface area contributed by atoms with E-state index in [4.69, 9.17) is 15.2 Å². The summed E-state index contributed by atoms with van der Waals surface area (Å²) in [5.41, 5.74) is 9.30. The lowest BCUT2D eigenvalue weighted by molar-refractivity contribution is 0.0734. The molecule has 1 unspecified atom stereocenters. The summed E-state index contributed by atoms with van der Waals surface area (Å²) in [7, 11) is 0. The maximum absolute atomic E-state index is 13.1. The molecule has 2 N–H and O–H groups in total. The van der Waals surface area contributed by atoms with Crippen LogP contribution >= 0.6 is 0 Å². The quantitative estimate of drug-likeness (QED) is 0.514. The van der Waals surface area contributed by atoms with E-state index in [1.807, 2.05) is 31.2 Å². The number of benzene rings is 3. The molecule has 0 aliphatic carbocycles. The zero-order valence-corrected chi connectivity index (χ0v) is 16.1. The molecule has 0 radical (unpaired) electrons. The molecule has 3 aromatic carbocycles. The van der Waals surface area contributed by atoms with Gasteiger partial charge in [-0.05, 0) is 42.8 Å². The first-order chi connectivity index (χ1) is 14.5. The first-order valence-corrected chi connectivity index (χ1v) is 9.22. The van der Waals surface area contributed by atoms with Gasteiger partial charge >= 0.3 is 5.97 Å². The van der Waals surface area contributed by atoms with Crippen molar-refractivity contribution in [3.05, 3.63) is 106 Å². The molecule has 5 nitrogen and oxygen atoms in total. The molecule has 0 fully saturated rings. The second-order valence-corrected chi connectivity index (χ2v) is 6.93. The summed E-state index contributed by atoms with van der Waals surface area (Å²) in [6.45, 7) is 1.98. The molecule has 3 aromatic rings. The number of hydrogen-bond donors (Lipinski definition) is 1. The minimum Gasteiger partial charge on any atom is -0.440 e. The van der Waals surface area contributed by atoms with Crippen LogP contribution in [0.25, 0.3) is 0 Å². The molecule has 30 heavy (non-hydrogen) atoms. The number of allylic oxidation sites excluding steroid dienone is 1. The Morgan fingerprint density at radius 3 is 2.47 bits per heavy atom. The highest BCUT2D eigenvalue weighted by molar-refractivity contribution is 5.91. The van der Waals surface area contributed by atoms with E-state index in [0.29, 0.717) is 11.3 Å². The topological polar surface area (TPSA) is 85.3 Å². The normalized spacial score (nSPS) is 15.0. The molecule has 0 aromatic heterocycles. The number of nitriles is 1. The van der Waals surface area contributed by atoms with Gasteiger partial charge in [0, 0.05) is 11.6 Å². The van der Waals surface area contributed by atoms with Gasteiger partial charge in [-0.2, -0.15) is 5.26 Å². The van der Waals surface area contributed by atoms with Crippen LogP contribution in [0.3, 0.4) is 0 Å². The van der Waals surface area contributed by atoms with E-state index >= 15 is 0 Å². The predicted octanol–water partition coefficient (Wildman–Crippen LogP) is 4.57. The first-order valence-electron chi connectivity index (χ1n) is 9.22. The predicted molar refractivity (Wildman–Crippen MR) is 108 cm³/mol. The SMILES string of the molecule is Cc1ccc(C2C(C#N)=C(N)Oc3cc(OC(=O)c4ccc(F)cc4)ccc32)cc1. The number of rotatable bonds is 3. The zero-order valence-electron chi connectivity index (χ0n) is 16.1. The molecule has 6 heteroatoms. The van der Waals surface area contributed by atoms with Crippen LogP contribution in [0.2, 0.25) is 0 Å². The van der Waals surface area contributed by atoms with Crippen LogP contribution < -0.4 is 15.2 Å². The summed E-state index contributed by atoms with van der Waals surface area (Å²) in [5, 5.41) is 9.63. The molecule has 148 valence electrons. The van der Waals surface area contributed by atoms with E-state index in [0.717, 1.165) is 16.7 Å². The maximum Gasteiger partial charge on any atom is 0.343 e. The number of carbonyl (C=O) groups is 1. The molecule has 1 atom stereocenters. The van der Waals surface area contributed by atoms with Gasteiger partial charge in [0.25, 0.3) is 0 Å². The lowest BCUT2D eigenvalue weighted by Gasteiger charge is -2.26. The molecule has 0 amide bonds. The van der Waals surface area contributed by atoms with Crippen molar-refractivity contribution in [2.24, 2.45) is 5.73 Å². The lowest BCUT2D eigenvalue weighted by Crippen LogP contribution is -2.21. The van der Waals surface area contributed by atoms with Crippen LogP contribution in [-0.4, -0.2) is 5.97 Å². The van der Waals surface area contributed by atoms with Gasteiger partial charge in [-0.3, -0.25) is 0 Å². The second-order valence-electron chi connectivity index (χ2n) is 6.93. The van der Waals surface area contributed by atoms with Crippen molar-refractivity contribution < 1.29 is 18.7 Å². The smallest absolute Gasteiger partial charge is 0.343 e. The highest BCUT2D eigenvalue weighted by atomic mass is 19.1. The molecule has 0 bridgehead atoms. The highest BCUT2D eigenvalue weighted by Crippen LogP contribution is 2.43. The van der Waals surface area contributed by atoms with Crippen LogP contribution in [0.15, 0.2) is 78.2 Å². The number of aryl methyl sites for hydroxylation is 1. The fourth-order valence-corrected chi connectivity index (χ4v) is 3.35. The summed E-state index contributed by atoms with van der Waals surface area (Å²) in [6, 6.07) is 20.0. The number of halogens is 1. The Kier molecular flexibility index (Phi) is 4.95. The van der Waals surface area contributed by atoms with Crippen molar-refractivity contribution in [2.75, 3.05) is 0 Å². The van der Waals surface area contributed by atoms with Crippen molar-refractivity contribution in [1.29, 1.82) is 5.26 Å². The second kappa shape index (κ2) is 7.72. The van der Waals surface area contributed by atoms with Crippen molar-refractivity contribution in [2.45, 2.75) is 12.8 Å². The standard InChI is InChI=1S/C24H17FN2O3/c1-14-2-4-15(5-3-14)22-19-11-10-18(12-21(19)30-23(27)20(22)13-26)29-24(28)16-6-8-17(25)9-7-16/h2-12,22H,27H2,1H3. The first kappa shape index (κ1) is 19.2. The average molecular weight is 400 g/mol. The molecular formula is C24H17FN2O3. The third-order valence-corrected chi connectivity index (χ3v) is 4.89. The number of nitrogens with two attached hydrogens (primary N) is 1. The van der Waals surface area contributed by atoms with Gasteiger partial charge in [0.2, 0.25) is 5.88 Å². The number of ether oxygens (including phenoxy) is 2. The van der Waals surface area contributed by atoms with E-state index < -0.39 is 11.8 Å². The zero-order chi connectivity index (χ0) is 21.3. The van der Waals surface area contributed by atoms with E-state index in [9.17, 15) is 14.4 Å². The summed E-state index contributed by atoms with van der Waals surface area (Å²) in [5.74, 6) is -0.785. The summed E-state index contributed by atoms with van der Waals surface area (Å²) < 4.78 is 24.1. The van der Waals surface area contributed by atoms with Crippen LogP contribution in [0.4, 0.5) is 4.39 Å². The molecule has 0 saturated carbocycles. The molecular weight excluding hydrogens is 383 g/mol. The Morgan fingerprint density at radius 2 is 1.80 bits per heavy atom. The van der Waals surface area contributed by atoms with Gasteiger partial charge in [-0.15, -0.1) is 0 Å². The van der Waals surface area contributed by atoms with Crippen LogP contribution in [0.5, 0.6) is 11.5 Å². The minimum absolute atomic E-state index is 0.0117. The Morgan fingerprint density at radius 1 is 1.10 bits per heavy atom. The average Bonchev–Trinajstić information content (AvgIpc) is 2.74. The lowest BCUT2D eigenvalue weighted by atomic mass is 9.83. The maximum atomic E-state index is 13.1. The molecule has 1 heterocycles. The number of carbonyl (C=O) groups excluding carboxylic acids is 1. The van der Waals surface area contributed by atoms with Gasteiger partial charge in [-0.1, -0.05) is 35.9 Å². The molecule has 0 saturated heterocycles. The van der Waals surface area contributed by atoms with E-state index in [2.05, 4.69) is 6.07 Å². The van der Waals surface area contributed by atoms with Crippen molar-refractivity contribution >= 4 is 5.97 Å². The van der Waals surface area contributed by atoms with Gasteiger partial charge in [0.1, 0.15) is 29.0 Å². The molecule has 0 spiro atoms. The van der Waals surface area contributed by atoms with Gasteiger partial charge in [-0.25, -0.2) is 9.18 Å². The van der Waals surface area contributed by atoms with Gasteiger partial charge in [0.05, 0.1) is 11.5 Å². The summed E-state index contributed by atoms with van der Waals surface area (Å²) in [4.78, 5) is 12.3. The minimum atomic E-state index is -0.623. The fourth-order valence-electron chi connectivity index (χ4n) is 3.35.